The molecule has 2 unspecified atom stereocenters. The molecule has 0 fully saturated rings. The molecule has 1 aromatic carbocycles. The maximum Gasteiger partial charge on any atom is 0.258 e. The van der Waals surface area contributed by atoms with Gasteiger partial charge in [-0.2, -0.15) is 0 Å². The van der Waals surface area contributed by atoms with Crippen LogP contribution in [0.3, 0.4) is 0 Å². The number of nitrogens with one attached hydrogen (secondary N) is 2. The Bertz CT molecular complexity index is 667. The van der Waals surface area contributed by atoms with E-state index in [4.69, 9.17) is 10.2 Å². The standard InChI is InChI=1S/C17H21N3O3/c1-3-11(2)15(18)17(22)20-14-6-4-5-13(9-14)19-16(21)12-7-8-23-10-12/h4-11,15H,3,18H2,1-2H3,(H,19,21)(H,20,22). The van der Waals surface area contributed by atoms with Crippen molar-refractivity contribution in [1.29, 1.82) is 0 Å². The van der Waals surface area contributed by atoms with Gasteiger partial charge < -0.3 is 20.8 Å². The van der Waals surface area contributed by atoms with Crippen molar-refractivity contribution in [3.63, 3.8) is 0 Å². The number of rotatable bonds is 6. The minimum absolute atomic E-state index is 0.0963. The van der Waals surface area contributed by atoms with Crippen molar-refractivity contribution in [2.24, 2.45) is 11.7 Å². The molecule has 6 nitrogen and oxygen atoms in total. The van der Waals surface area contributed by atoms with Gasteiger partial charge in [-0.25, -0.2) is 0 Å². The second kappa shape index (κ2) is 7.60. The van der Waals surface area contributed by atoms with Gasteiger partial charge in [-0.05, 0) is 30.2 Å². The van der Waals surface area contributed by atoms with Gasteiger partial charge in [0.25, 0.3) is 5.91 Å². The Labute approximate surface area is 135 Å². The van der Waals surface area contributed by atoms with Crippen LogP contribution in [0, 0.1) is 5.92 Å². The fourth-order valence-corrected chi connectivity index (χ4v) is 2.01. The smallest absolute Gasteiger partial charge is 0.258 e. The van der Waals surface area contributed by atoms with Crippen molar-refractivity contribution in [3.8, 4) is 0 Å². The van der Waals surface area contributed by atoms with Gasteiger partial charge in [0.15, 0.2) is 0 Å². The molecule has 1 heterocycles. The van der Waals surface area contributed by atoms with Gasteiger partial charge in [-0.15, -0.1) is 0 Å². The van der Waals surface area contributed by atoms with Gasteiger partial charge in [0.05, 0.1) is 17.9 Å². The Morgan fingerprint density at radius 2 is 1.91 bits per heavy atom. The number of nitrogens with two attached hydrogens (primary N) is 1. The number of hydrogen-bond acceptors (Lipinski definition) is 4. The Hall–Kier alpha value is -2.60. The summed E-state index contributed by atoms with van der Waals surface area (Å²) >= 11 is 0. The van der Waals surface area contributed by atoms with E-state index >= 15 is 0 Å². The van der Waals surface area contributed by atoms with Crippen molar-refractivity contribution >= 4 is 23.2 Å². The Balaban J connectivity index is 2.02. The van der Waals surface area contributed by atoms with Crippen LogP contribution >= 0.6 is 0 Å². The quantitative estimate of drug-likeness (QED) is 0.763. The SMILES string of the molecule is CCC(C)C(N)C(=O)Nc1cccc(NC(=O)c2ccoc2)c1. The predicted molar refractivity (Wildman–Crippen MR) is 89.2 cm³/mol. The van der Waals surface area contributed by atoms with Gasteiger partial charge in [0.1, 0.15) is 6.26 Å². The summed E-state index contributed by atoms with van der Waals surface area (Å²) in [5.74, 6) is -0.421. The molecule has 23 heavy (non-hydrogen) atoms. The summed E-state index contributed by atoms with van der Waals surface area (Å²) < 4.78 is 4.88. The zero-order valence-electron chi connectivity index (χ0n) is 13.2. The summed E-state index contributed by atoms with van der Waals surface area (Å²) in [6, 6.07) is 7.92. The average Bonchev–Trinajstić information content (AvgIpc) is 3.08. The molecule has 0 saturated carbocycles. The fourth-order valence-electron chi connectivity index (χ4n) is 2.01. The summed E-state index contributed by atoms with van der Waals surface area (Å²) in [5, 5.41) is 5.51. The molecule has 0 bridgehead atoms. The normalized spacial score (nSPS) is 13.2. The van der Waals surface area contributed by atoms with E-state index in [0.717, 1.165) is 6.42 Å². The number of carbonyl (C=O) groups is 2. The van der Waals surface area contributed by atoms with Crippen LogP contribution in [-0.4, -0.2) is 17.9 Å². The van der Waals surface area contributed by atoms with Gasteiger partial charge in [0.2, 0.25) is 5.91 Å². The molecule has 0 radical (unpaired) electrons. The number of amides is 2. The number of furan rings is 1. The van der Waals surface area contributed by atoms with Crippen LogP contribution in [0.4, 0.5) is 11.4 Å². The molecule has 0 aliphatic heterocycles. The molecule has 122 valence electrons. The summed E-state index contributed by atoms with van der Waals surface area (Å²) in [4.78, 5) is 24.1. The van der Waals surface area contributed by atoms with Gasteiger partial charge in [-0.1, -0.05) is 26.3 Å². The van der Waals surface area contributed by atoms with Crippen molar-refractivity contribution in [3.05, 3.63) is 48.4 Å². The molecule has 0 saturated heterocycles. The average molecular weight is 315 g/mol. The first-order valence-corrected chi connectivity index (χ1v) is 7.51. The first-order chi connectivity index (χ1) is 11.0. The molecule has 0 spiro atoms. The second-order valence-corrected chi connectivity index (χ2v) is 5.45. The summed E-state index contributed by atoms with van der Waals surface area (Å²) in [6.45, 7) is 3.93. The Morgan fingerprint density at radius 1 is 1.22 bits per heavy atom. The molecule has 6 heteroatoms. The fraction of sp³-hybridized carbons (Fsp3) is 0.294. The largest absolute Gasteiger partial charge is 0.472 e. The zero-order valence-corrected chi connectivity index (χ0v) is 13.2. The zero-order chi connectivity index (χ0) is 16.8. The first-order valence-electron chi connectivity index (χ1n) is 7.51. The highest BCUT2D eigenvalue weighted by Crippen LogP contribution is 2.17. The molecule has 2 rings (SSSR count). The number of anilines is 2. The van der Waals surface area contributed by atoms with Crippen molar-refractivity contribution in [1.82, 2.24) is 0 Å². The second-order valence-electron chi connectivity index (χ2n) is 5.45. The van der Waals surface area contributed by atoms with Gasteiger partial charge in [-0.3, -0.25) is 9.59 Å². The number of hydrogen-bond donors (Lipinski definition) is 3. The lowest BCUT2D eigenvalue weighted by Gasteiger charge is -2.18. The molecule has 1 aromatic heterocycles. The van der Waals surface area contributed by atoms with Crippen LogP contribution in [0.25, 0.3) is 0 Å². The van der Waals surface area contributed by atoms with Crippen molar-refractivity contribution in [2.45, 2.75) is 26.3 Å². The van der Waals surface area contributed by atoms with Crippen LogP contribution in [0.1, 0.15) is 30.6 Å². The van der Waals surface area contributed by atoms with E-state index in [9.17, 15) is 9.59 Å². The van der Waals surface area contributed by atoms with Crippen LogP contribution < -0.4 is 16.4 Å². The molecular weight excluding hydrogens is 294 g/mol. The molecule has 2 atom stereocenters. The molecule has 2 amide bonds. The Kier molecular flexibility index (Phi) is 5.54. The summed E-state index contributed by atoms with van der Waals surface area (Å²) in [6.07, 6.45) is 3.63. The molecule has 2 aromatic rings. The predicted octanol–water partition coefficient (Wildman–Crippen LogP) is 2.84. The lowest BCUT2D eigenvalue weighted by atomic mass is 9.99. The van der Waals surface area contributed by atoms with E-state index in [1.807, 2.05) is 13.8 Å². The van der Waals surface area contributed by atoms with Crippen LogP contribution in [-0.2, 0) is 4.79 Å². The van der Waals surface area contributed by atoms with Crippen molar-refractivity contribution in [2.75, 3.05) is 10.6 Å². The van der Waals surface area contributed by atoms with Crippen LogP contribution in [0.2, 0.25) is 0 Å². The third-order valence-corrected chi connectivity index (χ3v) is 3.73. The summed E-state index contributed by atoms with van der Waals surface area (Å²) in [7, 11) is 0. The van der Waals surface area contributed by atoms with Gasteiger partial charge >= 0.3 is 0 Å². The lowest BCUT2D eigenvalue weighted by molar-refractivity contribution is -0.118. The molecular formula is C17H21N3O3. The highest BCUT2D eigenvalue weighted by Gasteiger charge is 2.19. The van der Waals surface area contributed by atoms with Crippen LogP contribution in [0.15, 0.2) is 47.3 Å². The Morgan fingerprint density at radius 3 is 2.52 bits per heavy atom. The highest BCUT2D eigenvalue weighted by molar-refractivity contribution is 6.04. The minimum Gasteiger partial charge on any atom is -0.472 e. The monoisotopic (exact) mass is 315 g/mol. The van der Waals surface area contributed by atoms with E-state index in [0.29, 0.717) is 16.9 Å². The third kappa shape index (κ3) is 4.43. The van der Waals surface area contributed by atoms with Crippen molar-refractivity contribution < 1.29 is 14.0 Å². The van der Waals surface area contributed by atoms with Gasteiger partial charge in [0, 0.05) is 11.4 Å². The lowest BCUT2D eigenvalue weighted by Crippen LogP contribution is -2.40. The third-order valence-electron chi connectivity index (χ3n) is 3.73. The van der Waals surface area contributed by atoms with Crippen LogP contribution in [0.5, 0.6) is 0 Å². The topological polar surface area (TPSA) is 97.4 Å². The molecule has 0 aliphatic rings. The number of carbonyl (C=O) groups excluding carboxylic acids is 2. The van der Waals surface area contributed by atoms with E-state index in [2.05, 4.69) is 10.6 Å². The van der Waals surface area contributed by atoms with E-state index in [1.54, 1.807) is 30.3 Å². The molecule has 0 aliphatic carbocycles. The van der Waals surface area contributed by atoms with E-state index in [-0.39, 0.29) is 17.7 Å². The maximum atomic E-state index is 12.1. The number of benzene rings is 1. The van der Waals surface area contributed by atoms with E-state index in [1.165, 1.54) is 12.5 Å². The minimum atomic E-state index is -0.566. The first kappa shape index (κ1) is 16.8. The summed E-state index contributed by atoms with van der Waals surface area (Å²) in [5.41, 5.74) is 7.50. The maximum absolute atomic E-state index is 12.1. The van der Waals surface area contributed by atoms with E-state index < -0.39 is 6.04 Å². The molecule has 4 N–H and O–H groups in total. The highest BCUT2D eigenvalue weighted by atomic mass is 16.3.